The molecule has 0 spiro atoms. The van der Waals surface area contributed by atoms with Crippen LogP contribution in [0.3, 0.4) is 0 Å². The van der Waals surface area contributed by atoms with Crippen molar-refractivity contribution >= 4 is 5.78 Å². The van der Waals surface area contributed by atoms with Gasteiger partial charge in [-0.3, -0.25) is 9.69 Å². The summed E-state index contributed by atoms with van der Waals surface area (Å²) >= 11 is 0. The van der Waals surface area contributed by atoms with Gasteiger partial charge in [0.2, 0.25) is 0 Å². The third kappa shape index (κ3) is 5.81. The zero-order valence-corrected chi connectivity index (χ0v) is 18.0. The first-order chi connectivity index (χ1) is 15.1. The van der Waals surface area contributed by atoms with Crippen LogP contribution in [0.15, 0.2) is 72.8 Å². The van der Waals surface area contributed by atoms with Crippen molar-refractivity contribution in [3.63, 3.8) is 0 Å². The molecule has 31 heavy (non-hydrogen) atoms. The Labute approximate surface area is 184 Å². The Balaban J connectivity index is 1.34. The molecule has 0 bridgehead atoms. The number of aliphatic hydroxyl groups excluding tert-OH is 1. The van der Waals surface area contributed by atoms with Crippen LogP contribution in [-0.2, 0) is 24.2 Å². The highest BCUT2D eigenvalue weighted by Crippen LogP contribution is 2.25. The molecule has 1 atom stereocenters. The molecule has 1 aliphatic rings. The van der Waals surface area contributed by atoms with Crippen molar-refractivity contribution in [2.45, 2.75) is 32.4 Å². The molecule has 0 aliphatic carbocycles. The fourth-order valence-corrected chi connectivity index (χ4v) is 4.17. The first-order valence-corrected chi connectivity index (χ1v) is 10.9. The highest BCUT2D eigenvalue weighted by Gasteiger charge is 2.18. The summed E-state index contributed by atoms with van der Waals surface area (Å²) in [5.41, 5.74) is 5.85. The number of hydrogen-bond donors (Lipinski definition) is 1. The first kappa shape index (κ1) is 21.3. The lowest BCUT2D eigenvalue weighted by Crippen LogP contribution is -2.38. The molecule has 0 saturated heterocycles. The minimum Gasteiger partial charge on any atom is -0.491 e. The quantitative estimate of drug-likeness (QED) is 0.597. The second kappa shape index (κ2) is 9.90. The predicted octanol–water partition coefficient (Wildman–Crippen LogP) is 4.28. The van der Waals surface area contributed by atoms with Crippen molar-refractivity contribution in [3.8, 4) is 16.9 Å². The van der Waals surface area contributed by atoms with Crippen molar-refractivity contribution in [2.24, 2.45) is 0 Å². The maximum atomic E-state index is 11.4. The number of Topliss-reactive ketones (excluding diaryl/α,β-unsaturated/α-hetero) is 1. The summed E-state index contributed by atoms with van der Waals surface area (Å²) in [6, 6.07) is 24.4. The molecule has 0 amide bonds. The van der Waals surface area contributed by atoms with Crippen LogP contribution in [-0.4, -0.2) is 41.6 Å². The monoisotopic (exact) mass is 415 g/mol. The van der Waals surface area contributed by atoms with Crippen LogP contribution >= 0.6 is 0 Å². The van der Waals surface area contributed by atoms with Crippen LogP contribution in [0.2, 0.25) is 0 Å². The standard InChI is InChI=1S/C27H29NO3/c1-20(29)14-21-6-4-9-23(15-21)24-10-5-11-27(16-24)31-19-26(30)18-28-13-12-22-7-2-3-8-25(22)17-28/h2-11,15-16,26,30H,12-14,17-19H2,1H3. The van der Waals surface area contributed by atoms with Crippen molar-refractivity contribution in [2.75, 3.05) is 19.7 Å². The Morgan fingerprint density at radius 1 is 1.00 bits per heavy atom. The molecule has 4 rings (SSSR count). The summed E-state index contributed by atoms with van der Waals surface area (Å²) in [5, 5.41) is 10.5. The van der Waals surface area contributed by atoms with E-state index in [1.54, 1.807) is 6.92 Å². The number of β-amino-alcohol motifs (C(OH)–C–C–N with tert-alkyl or cyclic N) is 1. The average Bonchev–Trinajstić information content (AvgIpc) is 2.77. The number of ether oxygens (including phenoxy) is 1. The van der Waals surface area contributed by atoms with E-state index in [1.807, 2.05) is 48.5 Å². The van der Waals surface area contributed by atoms with Crippen LogP contribution in [0.4, 0.5) is 0 Å². The topological polar surface area (TPSA) is 49.8 Å². The zero-order valence-electron chi connectivity index (χ0n) is 18.0. The molecular formula is C27H29NO3. The van der Waals surface area contributed by atoms with Gasteiger partial charge in [-0.25, -0.2) is 0 Å². The average molecular weight is 416 g/mol. The Morgan fingerprint density at radius 2 is 1.74 bits per heavy atom. The maximum absolute atomic E-state index is 11.4. The lowest BCUT2D eigenvalue weighted by Gasteiger charge is -2.30. The van der Waals surface area contributed by atoms with Gasteiger partial charge in [0.15, 0.2) is 0 Å². The number of rotatable bonds is 8. The molecule has 0 radical (unpaired) electrons. The normalized spacial score (nSPS) is 14.6. The van der Waals surface area contributed by atoms with Gasteiger partial charge < -0.3 is 9.84 Å². The summed E-state index contributed by atoms with van der Waals surface area (Å²) in [4.78, 5) is 13.7. The summed E-state index contributed by atoms with van der Waals surface area (Å²) in [6.07, 6.45) is 0.916. The lowest BCUT2D eigenvalue weighted by atomic mass is 10.00. The van der Waals surface area contributed by atoms with Gasteiger partial charge in [-0.05, 0) is 53.3 Å². The Kier molecular flexibility index (Phi) is 6.80. The molecule has 3 aromatic carbocycles. The van der Waals surface area contributed by atoms with Crippen LogP contribution in [0.1, 0.15) is 23.6 Å². The van der Waals surface area contributed by atoms with Gasteiger partial charge in [-0.2, -0.15) is 0 Å². The van der Waals surface area contributed by atoms with E-state index in [1.165, 1.54) is 11.1 Å². The van der Waals surface area contributed by atoms with Crippen molar-refractivity contribution in [3.05, 3.63) is 89.5 Å². The number of carbonyl (C=O) groups is 1. The molecular weight excluding hydrogens is 386 g/mol. The van der Waals surface area contributed by atoms with E-state index in [0.29, 0.717) is 13.0 Å². The number of ketones is 1. The molecule has 3 aromatic rings. The number of benzene rings is 3. The number of hydrogen-bond acceptors (Lipinski definition) is 4. The molecule has 1 aliphatic heterocycles. The maximum Gasteiger partial charge on any atom is 0.134 e. The molecule has 4 nitrogen and oxygen atoms in total. The van der Waals surface area contributed by atoms with Gasteiger partial charge in [0, 0.05) is 26.1 Å². The lowest BCUT2D eigenvalue weighted by molar-refractivity contribution is -0.116. The second-order valence-corrected chi connectivity index (χ2v) is 8.33. The first-order valence-electron chi connectivity index (χ1n) is 10.9. The Morgan fingerprint density at radius 3 is 2.55 bits per heavy atom. The van der Waals surface area contributed by atoms with E-state index < -0.39 is 6.10 Å². The summed E-state index contributed by atoms with van der Waals surface area (Å²) in [5.74, 6) is 0.887. The SMILES string of the molecule is CC(=O)Cc1cccc(-c2cccc(OCC(O)CN3CCc4ccccc4C3)c2)c1. The van der Waals surface area contributed by atoms with E-state index in [4.69, 9.17) is 4.74 Å². The third-order valence-electron chi connectivity index (χ3n) is 5.67. The largest absolute Gasteiger partial charge is 0.491 e. The smallest absolute Gasteiger partial charge is 0.134 e. The summed E-state index contributed by atoms with van der Waals surface area (Å²) < 4.78 is 5.90. The van der Waals surface area contributed by atoms with Crippen molar-refractivity contribution < 1.29 is 14.6 Å². The van der Waals surface area contributed by atoms with Gasteiger partial charge in [-0.15, -0.1) is 0 Å². The Bertz CT molecular complexity index is 1050. The molecule has 160 valence electrons. The predicted molar refractivity (Wildman–Crippen MR) is 123 cm³/mol. The summed E-state index contributed by atoms with van der Waals surface area (Å²) in [7, 11) is 0. The molecule has 1 N–H and O–H groups in total. The van der Waals surface area contributed by atoms with E-state index in [2.05, 4.69) is 29.2 Å². The minimum atomic E-state index is -0.548. The number of aliphatic hydroxyl groups is 1. The van der Waals surface area contributed by atoms with E-state index in [0.717, 1.165) is 42.0 Å². The van der Waals surface area contributed by atoms with Crippen molar-refractivity contribution in [1.29, 1.82) is 0 Å². The van der Waals surface area contributed by atoms with Crippen LogP contribution < -0.4 is 4.74 Å². The van der Waals surface area contributed by atoms with Crippen LogP contribution in [0, 0.1) is 0 Å². The molecule has 0 aromatic heterocycles. The minimum absolute atomic E-state index is 0.153. The Hall–Kier alpha value is -2.95. The van der Waals surface area contributed by atoms with E-state index in [-0.39, 0.29) is 12.4 Å². The van der Waals surface area contributed by atoms with Crippen LogP contribution in [0.25, 0.3) is 11.1 Å². The highest BCUT2D eigenvalue weighted by atomic mass is 16.5. The van der Waals surface area contributed by atoms with Gasteiger partial charge in [0.1, 0.15) is 24.2 Å². The van der Waals surface area contributed by atoms with Gasteiger partial charge in [0.05, 0.1) is 0 Å². The molecule has 1 unspecified atom stereocenters. The van der Waals surface area contributed by atoms with Crippen molar-refractivity contribution in [1.82, 2.24) is 4.90 Å². The van der Waals surface area contributed by atoms with Gasteiger partial charge >= 0.3 is 0 Å². The van der Waals surface area contributed by atoms with Gasteiger partial charge in [-0.1, -0.05) is 60.7 Å². The van der Waals surface area contributed by atoms with E-state index >= 15 is 0 Å². The fraction of sp³-hybridized carbons (Fsp3) is 0.296. The molecule has 1 heterocycles. The third-order valence-corrected chi connectivity index (χ3v) is 5.67. The number of fused-ring (bicyclic) bond motifs is 1. The summed E-state index contributed by atoms with van der Waals surface area (Å²) in [6.45, 7) is 4.29. The van der Waals surface area contributed by atoms with E-state index in [9.17, 15) is 9.90 Å². The van der Waals surface area contributed by atoms with Gasteiger partial charge in [0.25, 0.3) is 0 Å². The fourth-order valence-electron chi connectivity index (χ4n) is 4.17. The highest BCUT2D eigenvalue weighted by molar-refractivity contribution is 5.79. The molecule has 0 saturated carbocycles. The molecule has 4 heteroatoms. The zero-order chi connectivity index (χ0) is 21.6. The number of nitrogens with zero attached hydrogens (tertiary/aromatic N) is 1. The van der Waals surface area contributed by atoms with Crippen LogP contribution in [0.5, 0.6) is 5.75 Å². The second-order valence-electron chi connectivity index (χ2n) is 8.33. The molecule has 0 fully saturated rings. The number of carbonyl (C=O) groups excluding carboxylic acids is 1.